The fourth-order valence-corrected chi connectivity index (χ4v) is 1.80. The molecule has 1 aromatic rings. The van der Waals surface area contributed by atoms with Crippen molar-refractivity contribution in [1.29, 1.82) is 0 Å². The monoisotopic (exact) mass is 323 g/mol. The minimum Gasteiger partial charge on any atom is -0.492 e. The number of amides is 1. The van der Waals surface area contributed by atoms with Gasteiger partial charge in [0, 0.05) is 0 Å². The molecule has 128 valence electrons. The van der Waals surface area contributed by atoms with Crippen LogP contribution in [0.1, 0.15) is 39.2 Å². The Kier molecular flexibility index (Phi) is 6.88. The van der Waals surface area contributed by atoms with E-state index >= 15 is 0 Å². The lowest BCUT2D eigenvalue weighted by atomic mass is 10.0. The summed E-state index contributed by atoms with van der Waals surface area (Å²) < 4.78 is 15.3. The number of rotatable bonds is 6. The second-order valence-electron chi connectivity index (χ2n) is 6.09. The van der Waals surface area contributed by atoms with Gasteiger partial charge in [0.15, 0.2) is 0 Å². The lowest BCUT2D eigenvalue weighted by molar-refractivity contribution is -0.142. The van der Waals surface area contributed by atoms with Crippen LogP contribution in [-0.2, 0) is 14.3 Å². The molecule has 1 aromatic carbocycles. The first-order chi connectivity index (χ1) is 10.7. The van der Waals surface area contributed by atoms with Gasteiger partial charge in [0.05, 0.1) is 19.6 Å². The molecule has 0 aliphatic carbocycles. The molecule has 23 heavy (non-hydrogen) atoms. The van der Waals surface area contributed by atoms with E-state index in [0.29, 0.717) is 18.9 Å². The number of carbonyl (C=O) groups excluding carboxylic acids is 2. The van der Waals surface area contributed by atoms with E-state index in [2.05, 4.69) is 5.32 Å². The number of hydrogen-bond donors (Lipinski definition) is 1. The number of alkyl carbamates (subject to hydrolysis) is 1. The number of carbonyl (C=O) groups is 2. The summed E-state index contributed by atoms with van der Waals surface area (Å²) in [6, 6.07) is 7.20. The predicted octanol–water partition coefficient (Wildman–Crippen LogP) is 2.87. The average molecular weight is 323 g/mol. The third-order valence-corrected chi connectivity index (χ3v) is 2.97. The molecule has 0 aromatic heterocycles. The number of benzene rings is 1. The third-order valence-electron chi connectivity index (χ3n) is 2.97. The summed E-state index contributed by atoms with van der Waals surface area (Å²) in [5, 5.41) is 2.61. The smallest absolute Gasteiger partial charge is 0.407 e. The van der Waals surface area contributed by atoms with Gasteiger partial charge in [-0.05, 0) is 45.4 Å². The molecule has 0 bridgehead atoms. The summed E-state index contributed by atoms with van der Waals surface area (Å²) in [5.74, 6) is 0.0694. The van der Waals surface area contributed by atoms with E-state index in [1.165, 1.54) is 7.11 Å². The van der Waals surface area contributed by atoms with Gasteiger partial charge in [-0.1, -0.05) is 12.1 Å². The second-order valence-corrected chi connectivity index (χ2v) is 6.09. The Morgan fingerprint density at radius 1 is 1.17 bits per heavy atom. The van der Waals surface area contributed by atoms with Crippen molar-refractivity contribution >= 4 is 12.1 Å². The van der Waals surface area contributed by atoms with Crippen LogP contribution in [0.5, 0.6) is 5.75 Å². The maximum Gasteiger partial charge on any atom is 0.407 e. The minimum absolute atomic E-state index is 0.278. The lowest BCUT2D eigenvalue weighted by Crippen LogP contribution is -2.34. The molecule has 1 amide bonds. The van der Waals surface area contributed by atoms with Gasteiger partial charge in [-0.2, -0.15) is 0 Å². The van der Waals surface area contributed by atoms with Crippen LogP contribution in [0.4, 0.5) is 4.79 Å². The van der Waals surface area contributed by atoms with E-state index in [0.717, 1.165) is 5.56 Å². The Morgan fingerprint density at radius 2 is 1.78 bits per heavy atom. The second kappa shape index (κ2) is 8.41. The first-order valence-electron chi connectivity index (χ1n) is 7.50. The van der Waals surface area contributed by atoms with E-state index in [4.69, 9.17) is 14.2 Å². The summed E-state index contributed by atoms with van der Waals surface area (Å²) in [6.07, 6.45) is -0.469. The topological polar surface area (TPSA) is 73.9 Å². The highest BCUT2D eigenvalue weighted by molar-refractivity contribution is 5.77. The zero-order valence-corrected chi connectivity index (χ0v) is 14.3. The van der Waals surface area contributed by atoms with Crippen molar-refractivity contribution in [2.45, 2.75) is 39.2 Å². The third kappa shape index (κ3) is 7.04. The molecule has 6 nitrogen and oxygen atoms in total. The molecule has 1 N–H and O–H groups in total. The molecular weight excluding hydrogens is 298 g/mol. The highest BCUT2D eigenvalue weighted by Gasteiger charge is 2.16. The van der Waals surface area contributed by atoms with Crippen molar-refractivity contribution in [2.75, 3.05) is 20.3 Å². The molecule has 0 saturated heterocycles. The largest absolute Gasteiger partial charge is 0.492 e. The molecule has 1 atom stereocenters. The Hall–Kier alpha value is -2.24. The van der Waals surface area contributed by atoms with Crippen LogP contribution in [0.15, 0.2) is 24.3 Å². The molecular formula is C17H25NO5. The fraction of sp³-hybridized carbons (Fsp3) is 0.529. The molecule has 1 rings (SSSR count). The van der Waals surface area contributed by atoms with Gasteiger partial charge in [-0.25, -0.2) is 4.79 Å². The highest BCUT2D eigenvalue weighted by Crippen LogP contribution is 2.20. The SMILES string of the molecule is COC(=O)C(C)c1ccc(OCCNC(=O)OC(C)(C)C)cc1. The van der Waals surface area contributed by atoms with Crippen LogP contribution in [0.3, 0.4) is 0 Å². The van der Waals surface area contributed by atoms with Crippen LogP contribution in [0.2, 0.25) is 0 Å². The zero-order chi connectivity index (χ0) is 17.5. The van der Waals surface area contributed by atoms with Crippen molar-refractivity contribution in [1.82, 2.24) is 5.32 Å². The highest BCUT2D eigenvalue weighted by atomic mass is 16.6. The van der Waals surface area contributed by atoms with Gasteiger partial charge in [0.2, 0.25) is 0 Å². The summed E-state index contributed by atoms with van der Waals surface area (Å²) in [4.78, 5) is 22.9. The molecule has 0 fully saturated rings. The van der Waals surface area contributed by atoms with E-state index in [9.17, 15) is 9.59 Å². The normalized spacial score (nSPS) is 12.2. The summed E-state index contributed by atoms with van der Waals surface area (Å²) in [5.41, 5.74) is 0.341. The van der Waals surface area contributed by atoms with Gasteiger partial charge in [0.1, 0.15) is 18.0 Å². The molecule has 0 heterocycles. The minimum atomic E-state index is -0.517. The van der Waals surface area contributed by atoms with Crippen LogP contribution < -0.4 is 10.1 Å². The van der Waals surface area contributed by atoms with E-state index in [-0.39, 0.29) is 11.9 Å². The number of ether oxygens (including phenoxy) is 3. The molecule has 0 aliphatic rings. The summed E-state index contributed by atoms with van der Waals surface area (Å²) in [7, 11) is 1.37. The molecule has 6 heteroatoms. The van der Waals surface area contributed by atoms with Gasteiger partial charge in [0.25, 0.3) is 0 Å². The van der Waals surface area contributed by atoms with Crippen LogP contribution >= 0.6 is 0 Å². The van der Waals surface area contributed by atoms with Gasteiger partial charge in [-0.3, -0.25) is 4.79 Å². The lowest BCUT2D eigenvalue weighted by Gasteiger charge is -2.19. The van der Waals surface area contributed by atoms with E-state index in [1.807, 2.05) is 12.1 Å². The standard InChI is InChI=1S/C17H25NO5/c1-12(15(19)21-5)13-6-8-14(9-7-13)22-11-10-18-16(20)23-17(2,3)4/h6-9,12H,10-11H2,1-5H3,(H,18,20). The fourth-order valence-electron chi connectivity index (χ4n) is 1.80. The number of nitrogens with one attached hydrogen (secondary N) is 1. The molecule has 0 saturated carbocycles. The number of esters is 1. The Bertz CT molecular complexity index is 519. The zero-order valence-electron chi connectivity index (χ0n) is 14.3. The van der Waals surface area contributed by atoms with Crippen molar-refractivity contribution in [3.63, 3.8) is 0 Å². The van der Waals surface area contributed by atoms with E-state index in [1.54, 1.807) is 39.8 Å². The summed E-state index contributed by atoms with van der Waals surface area (Å²) >= 11 is 0. The van der Waals surface area contributed by atoms with Crippen molar-refractivity contribution in [3.8, 4) is 5.75 Å². The summed E-state index contributed by atoms with van der Waals surface area (Å²) in [6.45, 7) is 7.87. The van der Waals surface area contributed by atoms with Gasteiger partial charge in [-0.15, -0.1) is 0 Å². The first kappa shape index (κ1) is 18.8. The molecule has 1 unspecified atom stereocenters. The average Bonchev–Trinajstić information content (AvgIpc) is 2.49. The van der Waals surface area contributed by atoms with Crippen LogP contribution in [0, 0.1) is 0 Å². The quantitative estimate of drug-likeness (QED) is 0.643. The van der Waals surface area contributed by atoms with Gasteiger partial charge >= 0.3 is 12.1 Å². The van der Waals surface area contributed by atoms with Crippen molar-refractivity contribution in [3.05, 3.63) is 29.8 Å². The van der Waals surface area contributed by atoms with Crippen LogP contribution in [-0.4, -0.2) is 37.9 Å². The molecule has 0 aliphatic heterocycles. The predicted molar refractivity (Wildman–Crippen MR) is 86.6 cm³/mol. The molecule has 0 spiro atoms. The Labute approximate surface area is 137 Å². The first-order valence-corrected chi connectivity index (χ1v) is 7.50. The van der Waals surface area contributed by atoms with Crippen molar-refractivity contribution in [2.24, 2.45) is 0 Å². The maximum atomic E-state index is 11.5. The van der Waals surface area contributed by atoms with Gasteiger partial charge < -0.3 is 19.5 Å². The number of methoxy groups -OCH3 is 1. The number of hydrogen-bond acceptors (Lipinski definition) is 5. The maximum absolute atomic E-state index is 11.5. The Balaban J connectivity index is 2.36. The Morgan fingerprint density at radius 3 is 2.30 bits per heavy atom. The molecule has 0 radical (unpaired) electrons. The van der Waals surface area contributed by atoms with E-state index < -0.39 is 11.7 Å². The van der Waals surface area contributed by atoms with Crippen LogP contribution in [0.25, 0.3) is 0 Å². The van der Waals surface area contributed by atoms with Crippen molar-refractivity contribution < 1.29 is 23.8 Å².